The van der Waals surface area contributed by atoms with Crippen LogP contribution in [0.2, 0.25) is 0 Å². The standard InChI is InChI=1S/C28H27NO/c1-21(18-24-11-14-25-9-5-6-10-26(25)19-24)17-23-12-15-27(16-13-23)29-28(30)20-22-7-3-2-4-8-22/h2-16,19,21H,17-18,20H2,1H3,(H,29,30). The van der Waals surface area contributed by atoms with Crippen molar-refractivity contribution in [2.45, 2.75) is 26.2 Å². The van der Waals surface area contributed by atoms with E-state index in [1.807, 2.05) is 42.5 Å². The van der Waals surface area contributed by atoms with E-state index in [0.717, 1.165) is 24.1 Å². The molecule has 0 aliphatic carbocycles. The Morgan fingerprint density at radius 1 is 0.700 bits per heavy atom. The summed E-state index contributed by atoms with van der Waals surface area (Å²) in [5.74, 6) is 0.559. The Balaban J connectivity index is 1.31. The second-order valence-corrected chi connectivity index (χ2v) is 8.10. The van der Waals surface area contributed by atoms with Crippen molar-refractivity contribution in [2.75, 3.05) is 5.32 Å². The molecule has 30 heavy (non-hydrogen) atoms. The molecule has 0 fully saturated rings. The van der Waals surface area contributed by atoms with Gasteiger partial charge in [0.2, 0.25) is 5.91 Å². The van der Waals surface area contributed by atoms with Gasteiger partial charge in [0, 0.05) is 5.69 Å². The Labute approximate surface area is 178 Å². The summed E-state index contributed by atoms with van der Waals surface area (Å²) in [6.45, 7) is 2.30. The molecule has 0 aliphatic heterocycles. The normalized spacial score (nSPS) is 11.9. The Kier molecular flexibility index (Phi) is 6.24. The molecule has 1 atom stereocenters. The molecule has 4 aromatic rings. The average Bonchev–Trinajstić information content (AvgIpc) is 2.75. The Morgan fingerprint density at radius 3 is 2.10 bits per heavy atom. The van der Waals surface area contributed by atoms with E-state index in [1.54, 1.807) is 0 Å². The Morgan fingerprint density at radius 2 is 1.33 bits per heavy atom. The monoisotopic (exact) mass is 393 g/mol. The zero-order valence-electron chi connectivity index (χ0n) is 17.3. The van der Waals surface area contributed by atoms with E-state index in [1.165, 1.54) is 21.9 Å². The van der Waals surface area contributed by atoms with Crippen molar-refractivity contribution in [3.63, 3.8) is 0 Å². The van der Waals surface area contributed by atoms with Crippen LogP contribution in [0.1, 0.15) is 23.6 Å². The first-order valence-electron chi connectivity index (χ1n) is 10.6. The Bertz CT molecular complexity index is 1120. The van der Waals surface area contributed by atoms with Crippen LogP contribution in [0, 0.1) is 5.92 Å². The fourth-order valence-corrected chi connectivity index (χ4v) is 3.95. The maximum absolute atomic E-state index is 12.2. The number of nitrogens with one attached hydrogen (secondary N) is 1. The van der Waals surface area contributed by atoms with Gasteiger partial charge in [0.25, 0.3) is 0 Å². The Hall–Kier alpha value is -3.39. The number of benzene rings is 4. The number of rotatable bonds is 7. The highest BCUT2D eigenvalue weighted by molar-refractivity contribution is 5.92. The van der Waals surface area contributed by atoms with Crippen LogP contribution in [0.4, 0.5) is 5.69 Å². The van der Waals surface area contributed by atoms with Crippen LogP contribution in [0.3, 0.4) is 0 Å². The van der Waals surface area contributed by atoms with Crippen molar-refractivity contribution in [3.8, 4) is 0 Å². The SMILES string of the molecule is CC(Cc1ccc(NC(=O)Cc2ccccc2)cc1)Cc1ccc2ccccc2c1. The third kappa shape index (κ3) is 5.36. The van der Waals surface area contributed by atoms with Crippen LogP contribution in [0.25, 0.3) is 10.8 Å². The highest BCUT2D eigenvalue weighted by atomic mass is 16.1. The number of carbonyl (C=O) groups is 1. The second-order valence-electron chi connectivity index (χ2n) is 8.10. The molecule has 4 rings (SSSR count). The van der Waals surface area contributed by atoms with Gasteiger partial charge in [-0.15, -0.1) is 0 Å². The molecule has 0 heterocycles. The van der Waals surface area contributed by atoms with Crippen LogP contribution < -0.4 is 5.32 Å². The first-order valence-corrected chi connectivity index (χ1v) is 10.6. The molecule has 0 spiro atoms. The molecule has 0 aromatic heterocycles. The summed E-state index contributed by atoms with van der Waals surface area (Å²) < 4.78 is 0. The van der Waals surface area contributed by atoms with Crippen molar-refractivity contribution in [3.05, 3.63) is 114 Å². The fraction of sp³-hybridized carbons (Fsp3) is 0.179. The third-order valence-corrected chi connectivity index (χ3v) is 5.43. The van der Waals surface area contributed by atoms with Gasteiger partial charge in [0.05, 0.1) is 6.42 Å². The van der Waals surface area contributed by atoms with Crippen molar-refractivity contribution >= 4 is 22.4 Å². The van der Waals surface area contributed by atoms with Crippen LogP contribution in [0.5, 0.6) is 0 Å². The van der Waals surface area contributed by atoms with Gasteiger partial charge in [0.15, 0.2) is 0 Å². The van der Waals surface area contributed by atoms with E-state index < -0.39 is 0 Å². The zero-order chi connectivity index (χ0) is 20.8. The van der Waals surface area contributed by atoms with Gasteiger partial charge < -0.3 is 5.32 Å². The first kappa shape index (κ1) is 19.9. The minimum atomic E-state index is 0.0126. The number of hydrogen-bond acceptors (Lipinski definition) is 1. The van der Waals surface area contributed by atoms with Gasteiger partial charge >= 0.3 is 0 Å². The maximum atomic E-state index is 12.2. The molecule has 4 aromatic carbocycles. The van der Waals surface area contributed by atoms with Gasteiger partial charge in [-0.3, -0.25) is 4.79 Å². The van der Waals surface area contributed by atoms with Crippen LogP contribution in [-0.2, 0) is 24.1 Å². The molecule has 0 aliphatic rings. The van der Waals surface area contributed by atoms with Gasteiger partial charge in [-0.25, -0.2) is 0 Å². The van der Waals surface area contributed by atoms with Crippen molar-refractivity contribution in [2.24, 2.45) is 5.92 Å². The largest absolute Gasteiger partial charge is 0.326 e. The highest BCUT2D eigenvalue weighted by Gasteiger charge is 2.08. The molecule has 0 saturated heterocycles. The summed E-state index contributed by atoms with van der Waals surface area (Å²) in [6, 6.07) is 33.3. The molecule has 0 bridgehead atoms. The van der Waals surface area contributed by atoms with Crippen LogP contribution in [0.15, 0.2) is 97.1 Å². The molecule has 2 nitrogen and oxygen atoms in total. The van der Waals surface area contributed by atoms with Gasteiger partial charge in [-0.1, -0.05) is 91.9 Å². The fourth-order valence-electron chi connectivity index (χ4n) is 3.95. The van der Waals surface area contributed by atoms with Crippen LogP contribution in [-0.4, -0.2) is 5.91 Å². The smallest absolute Gasteiger partial charge is 0.228 e. The van der Waals surface area contributed by atoms with E-state index in [2.05, 4.69) is 66.8 Å². The molecular formula is C28H27NO. The third-order valence-electron chi connectivity index (χ3n) is 5.43. The molecular weight excluding hydrogens is 366 g/mol. The average molecular weight is 394 g/mol. The summed E-state index contributed by atoms with van der Waals surface area (Å²) in [6.07, 6.45) is 2.47. The molecule has 1 N–H and O–H groups in total. The number of anilines is 1. The number of carbonyl (C=O) groups excluding carboxylic acids is 1. The van der Waals surface area contributed by atoms with E-state index >= 15 is 0 Å². The van der Waals surface area contributed by atoms with Gasteiger partial charge in [-0.2, -0.15) is 0 Å². The molecule has 0 saturated carbocycles. The molecule has 1 unspecified atom stereocenters. The summed E-state index contributed by atoms with van der Waals surface area (Å²) in [7, 11) is 0. The predicted molar refractivity (Wildman–Crippen MR) is 126 cm³/mol. The predicted octanol–water partition coefficient (Wildman–Crippen LogP) is 6.44. The van der Waals surface area contributed by atoms with E-state index in [9.17, 15) is 4.79 Å². The maximum Gasteiger partial charge on any atom is 0.228 e. The van der Waals surface area contributed by atoms with Gasteiger partial charge in [-0.05, 0) is 58.4 Å². The summed E-state index contributed by atoms with van der Waals surface area (Å²) in [5.41, 5.74) is 4.55. The summed E-state index contributed by atoms with van der Waals surface area (Å²) in [4.78, 5) is 12.2. The van der Waals surface area contributed by atoms with Crippen molar-refractivity contribution in [1.29, 1.82) is 0 Å². The first-order chi connectivity index (χ1) is 14.7. The van der Waals surface area contributed by atoms with E-state index in [-0.39, 0.29) is 5.91 Å². The zero-order valence-corrected chi connectivity index (χ0v) is 17.3. The summed E-state index contributed by atoms with van der Waals surface area (Å²) >= 11 is 0. The summed E-state index contributed by atoms with van der Waals surface area (Å²) in [5, 5.41) is 5.58. The van der Waals surface area contributed by atoms with Crippen LogP contribution >= 0.6 is 0 Å². The topological polar surface area (TPSA) is 29.1 Å². The quantitative estimate of drug-likeness (QED) is 0.384. The lowest BCUT2D eigenvalue weighted by atomic mass is 9.93. The minimum Gasteiger partial charge on any atom is -0.326 e. The van der Waals surface area contributed by atoms with E-state index in [4.69, 9.17) is 0 Å². The van der Waals surface area contributed by atoms with Gasteiger partial charge in [0.1, 0.15) is 0 Å². The van der Waals surface area contributed by atoms with E-state index in [0.29, 0.717) is 12.3 Å². The number of hydrogen-bond donors (Lipinski definition) is 1. The lowest BCUT2D eigenvalue weighted by Gasteiger charge is -2.13. The second kappa shape index (κ2) is 9.41. The molecule has 1 amide bonds. The molecule has 2 heteroatoms. The van der Waals surface area contributed by atoms with Crippen molar-refractivity contribution in [1.82, 2.24) is 0 Å². The lowest BCUT2D eigenvalue weighted by Crippen LogP contribution is -2.14. The number of amides is 1. The number of fused-ring (bicyclic) bond motifs is 1. The molecule has 150 valence electrons. The molecule has 0 radical (unpaired) electrons. The van der Waals surface area contributed by atoms with Crippen molar-refractivity contribution < 1.29 is 4.79 Å². The lowest BCUT2D eigenvalue weighted by molar-refractivity contribution is -0.115. The minimum absolute atomic E-state index is 0.0126. The highest BCUT2D eigenvalue weighted by Crippen LogP contribution is 2.20.